The summed E-state index contributed by atoms with van der Waals surface area (Å²) in [6, 6.07) is 6.68. The highest BCUT2D eigenvalue weighted by atomic mass is 35.5. The van der Waals surface area contributed by atoms with E-state index >= 15 is 8.78 Å². The van der Waals surface area contributed by atoms with Crippen molar-refractivity contribution in [3.8, 4) is 0 Å². The minimum Gasteiger partial charge on any atom is -0.367 e. The first-order valence-electron chi connectivity index (χ1n) is 13.2. The SMILES string of the molecule is CNC(=O)C1CNCCN1Cc1ccc(C(=O)Nc2ccc(Cl)cc2N2CCN(CCC(F)(F)F)CC2)c(F)c1F. The molecule has 0 radical (unpaired) electrons. The third kappa shape index (κ3) is 7.85. The molecule has 0 aromatic heterocycles. The van der Waals surface area contributed by atoms with Crippen LogP contribution in [-0.4, -0.2) is 93.2 Å². The Morgan fingerprint density at radius 1 is 1.05 bits per heavy atom. The van der Waals surface area contributed by atoms with E-state index in [0.29, 0.717) is 62.2 Å². The van der Waals surface area contributed by atoms with Crippen molar-refractivity contribution in [3.05, 3.63) is 58.1 Å². The van der Waals surface area contributed by atoms with Gasteiger partial charge < -0.3 is 20.9 Å². The number of hydrogen-bond donors (Lipinski definition) is 3. The van der Waals surface area contributed by atoms with Crippen LogP contribution in [0.5, 0.6) is 0 Å². The van der Waals surface area contributed by atoms with E-state index < -0.39 is 41.7 Å². The first-order chi connectivity index (χ1) is 19.5. The van der Waals surface area contributed by atoms with Crippen LogP contribution in [0.1, 0.15) is 22.3 Å². The molecule has 8 nitrogen and oxygen atoms in total. The molecule has 2 aliphatic rings. The van der Waals surface area contributed by atoms with E-state index in [2.05, 4.69) is 16.0 Å². The molecule has 2 aliphatic heterocycles. The van der Waals surface area contributed by atoms with Crippen molar-refractivity contribution in [3.63, 3.8) is 0 Å². The van der Waals surface area contributed by atoms with Crippen LogP contribution in [-0.2, 0) is 11.3 Å². The fourth-order valence-corrected chi connectivity index (χ4v) is 5.19. The Kier molecular flexibility index (Phi) is 10.1. The van der Waals surface area contributed by atoms with Gasteiger partial charge >= 0.3 is 6.18 Å². The highest BCUT2D eigenvalue weighted by Crippen LogP contribution is 2.31. The number of benzene rings is 2. The molecule has 14 heteroatoms. The quantitative estimate of drug-likeness (QED) is 0.402. The van der Waals surface area contributed by atoms with Crippen LogP contribution in [0.25, 0.3) is 0 Å². The number of amides is 2. The molecule has 2 saturated heterocycles. The Bertz CT molecular complexity index is 1260. The van der Waals surface area contributed by atoms with Crippen molar-refractivity contribution in [1.29, 1.82) is 0 Å². The van der Waals surface area contributed by atoms with Gasteiger partial charge in [-0.15, -0.1) is 0 Å². The molecule has 2 fully saturated rings. The fraction of sp³-hybridized carbons (Fsp3) is 0.481. The topological polar surface area (TPSA) is 79.9 Å². The zero-order valence-corrected chi connectivity index (χ0v) is 23.2. The molecule has 41 heavy (non-hydrogen) atoms. The van der Waals surface area contributed by atoms with Crippen molar-refractivity contribution in [2.75, 3.05) is 69.6 Å². The average Bonchev–Trinajstić information content (AvgIpc) is 2.95. The van der Waals surface area contributed by atoms with Gasteiger partial charge in [0.15, 0.2) is 11.6 Å². The fourth-order valence-electron chi connectivity index (χ4n) is 5.03. The second kappa shape index (κ2) is 13.3. The molecule has 2 aromatic carbocycles. The van der Waals surface area contributed by atoms with Crippen molar-refractivity contribution in [1.82, 2.24) is 20.4 Å². The molecule has 3 N–H and O–H groups in total. The summed E-state index contributed by atoms with van der Waals surface area (Å²) in [7, 11) is 1.51. The lowest BCUT2D eigenvalue weighted by molar-refractivity contribution is -0.138. The van der Waals surface area contributed by atoms with Crippen molar-refractivity contribution in [2.24, 2.45) is 0 Å². The van der Waals surface area contributed by atoms with E-state index in [0.717, 1.165) is 0 Å². The number of nitrogens with one attached hydrogen (secondary N) is 3. The van der Waals surface area contributed by atoms with Crippen LogP contribution in [0, 0.1) is 11.6 Å². The number of anilines is 2. The minimum absolute atomic E-state index is 0.0132. The lowest BCUT2D eigenvalue weighted by Gasteiger charge is -2.37. The Balaban J connectivity index is 1.46. The standard InChI is InChI=1S/C27H32ClF5N6O2/c1-34-26(41)22-15-35-7-9-39(22)16-17-2-4-19(24(30)23(17)29)25(40)36-20-5-3-18(28)14-21(20)38-12-10-37(11-13-38)8-6-27(31,32)33/h2-5,14,22,35H,6-13,15-16H2,1H3,(H,34,41)(H,36,40). The largest absolute Gasteiger partial charge is 0.390 e. The molecular weight excluding hydrogens is 571 g/mol. The number of likely N-dealkylation sites (N-methyl/N-ethyl adjacent to an activating group) is 1. The van der Waals surface area contributed by atoms with Crippen LogP contribution >= 0.6 is 11.6 Å². The summed E-state index contributed by atoms with van der Waals surface area (Å²) in [5.41, 5.74) is 0.358. The third-order valence-electron chi connectivity index (χ3n) is 7.32. The summed E-state index contributed by atoms with van der Waals surface area (Å²) in [6.45, 7) is 2.84. The first kappa shape index (κ1) is 30.9. The predicted molar refractivity (Wildman–Crippen MR) is 146 cm³/mol. The van der Waals surface area contributed by atoms with Gasteiger partial charge in [-0.25, -0.2) is 8.78 Å². The Morgan fingerprint density at radius 3 is 2.46 bits per heavy atom. The van der Waals surface area contributed by atoms with Crippen LogP contribution in [0.3, 0.4) is 0 Å². The highest BCUT2D eigenvalue weighted by Gasteiger charge is 2.31. The second-order valence-corrected chi connectivity index (χ2v) is 10.5. The van der Waals surface area contributed by atoms with E-state index in [-0.39, 0.29) is 24.6 Å². The smallest absolute Gasteiger partial charge is 0.367 e. The summed E-state index contributed by atoms with van der Waals surface area (Å²) in [4.78, 5) is 30.6. The normalized spacial score (nSPS) is 18.8. The maximum Gasteiger partial charge on any atom is 0.390 e. The van der Waals surface area contributed by atoms with Crippen molar-refractivity contribution in [2.45, 2.75) is 25.2 Å². The van der Waals surface area contributed by atoms with Crippen LogP contribution < -0.4 is 20.9 Å². The maximum atomic E-state index is 15.1. The van der Waals surface area contributed by atoms with Gasteiger partial charge in [0.05, 0.1) is 23.4 Å². The number of nitrogens with zero attached hydrogens (tertiary/aromatic N) is 3. The lowest BCUT2D eigenvalue weighted by Crippen LogP contribution is -2.57. The number of rotatable bonds is 8. The molecule has 1 atom stereocenters. The van der Waals surface area contributed by atoms with Crippen LogP contribution in [0.15, 0.2) is 30.3 Å². The van der Waals surface area contributed by atoms with E-state index in [1.165, 1.54) is 31.3 Å². The van der Waals surface area contributed by atoms with Crippen LogP contribution in [0.2, 0.25) is 5.02 Å². The second-order valence-electron chi connectivity index (χ2n) is 10.0. The molecular formula is C27H32ClF5N6O2. The summed E-state index contributed by atoms with van der Waals surface area (Å²) < 4.78 is 68.0. The number of alkyl halides is 3. The van der Waals surface area contributed by atoms with Gasteiger partial charge in [0.2, 0.25) is 5.91 Å². The molecule has 0 aliphatic carbocycles. The molecule has 2 heterocycles. The van der Waals surface area contributed by atoms with Gasteiger partial charge in [-0.2, -0.15) is 13.2 Å². The average molecular weight is 603 g/mol. The molecule has 0 saturated carbocycles. The zero-order valence-electron chi connectivity index (χ0n) is 22.5. The van der Waals surface area contributed by atoms with E-state index in [9.17, 15) is 22.8 Å². The Hall–Kier alpha value is -3.00. The van der Waals surface area contributed by atoms with Gasteiger partial charge in [-0.1, -0.05) is 17.7 Å². The molecule has 2 aromatic rings. The molecule has 0 bridgehead atoms. The Morgan fingerprint density at radius 2 is 1.78 bits per heavy atom. The summed E-state index contributed by atoms with van der Waals surface area (Å²) in [5, 5.41) is 8.68. The summed E-state index contributed by atoms with van der Waals surface area (Å²) in [5.74, 6) is -3.58. The Labute approximate surface area is 239 Å². The van der Waals surface area contributed by atoms with E-state index in [1.54, 1.807) is 15.9 Å². The number of piperazine rings is 2. The van der Waals surface area contributed by atoms with Gasteiger partial charge in [0.1, 0.15) is 6.04 Å². The molecule has 2 amide bonds. The monoisotopic (exact) mass is 602 g/mol. The maximum absolute atomic E-state index is 15.1. The highest BCUT2D eigenvalue weighted by molar-refractivity contribution is 6.31. The summed E-state index contributed by atoms with van der Waals surface area (Å²) >= 11 is 6.18. The van der Waals surface area contributed by atoms with Crippen molar-refractivity contribution >= 4 is 34.8 Å². The summed E-state index contributed by atoms with van der Waals surface area (Å²) in [6.07, 6.45) is -5.12. The minimum atomic E-state index is -4.23. The predicted octanol–water partition coefficient (Wildman–Crippen LogP) is 3.46. The number of hydrogen-bond acceptors (Lipinski definition) is 6. The van der Waals surface area contributed by atoms with Crippen molar-refractivity contribution < 1.29 is 31.5 Å². The third-order valence-corrected chi connectivity index (χ3v) is 7.55. The van der Waals surface area contributed by atoms with Gasteiger partial charge in [0.25, 0.3) is 5.91 Å². The molecule has 4 rings (SSSR count). The van der Waals surface area contributed by atoms with Crippen LogP contribution in [0.4, 0.5) is 33.3 Å². The van der Waals surface area contributed by atoms with E-state index in [4.69, 9.17) is 11.6 Å². The van der Waals surface area contributed by atoms with E-state index in [1.807, 2.05) is 4.90 Å². The molecule has 0 spiro atoms. The number of carbonyl (C=O) groups excluding carboxylic acids is 2. The number of carbonyl (C=O) groups is 2. The lowest BCUT2D eigenvalue weighted by atomic mass is 10.1. The van der Waals surface area contributed by atoms with Gasteiger partial charge in [-0.05, 0) is 24.3 Å². The van der Waals surface area contributed by atoms with Gasteiger partial charge in [-0.3, -0.25) is 19.4 Å². The zero-order chi connectivity index (χ0) is 29.7. The first-order valence-corrected chi connectivity index (χ1v) is 13.6. The number of halogens is 6. The molecule has 224 valence electrons. The van der Waals surface area contributed by atoms with Gasteiger partial charge in [0, 0.05) is 76.5 Å². The molecule has 1 unspecified atom stereocenters.